The Morgan fingerprint density at radius 2 is 2.05 bits per heavy atom. The Hall–Kier alpha value is -1.66. The number of carbonyl (C=O) groups excluding carboxylic acids is 1. The fourth-order valence-corrected chi connectivity index (χ4v) is 2.26. The van der Waals surface area contributed by atoms with E-state index in [2.05, 4.69) is 26.3 Å². The van der Waals surface area contributed by atoms with E-state index in [1.165, 1.54) is 0 Å². The summed E-state index contributed by atoms with van der Waals surface area (Å²) in [6.07, 6.45) is 0. The summed E-state index contributed by atoms with van der Waals surface area (Å²) in [6, 6.07) is 9.65. The minimum Gasteiger partial charge on any atom is -0.339 e. The van der Waals surface area contributed by atoms with Gasteiger partial charge in [-0.05, 0) is 44.3 Å². The van der Waals surface area contributed by atoms with Crippen LogP contribution in [0.15, 0.2) is 34.8 Å². The lowest BCUT2D eigenvalue weighted by Gasteiger charge is -2.15. The van der Waals surface area contributed by atoms with Gasteiger partial charge in [-0.15, -0.1) is 0 Å². The first-order valence-electron chi connectivity index (χ1n) is 6.75. The summed E-state index contributed by atoms with van der Waals surface area (Å²) in [5.74, 6) is -0.0655. The van der Waals surface area contributed by atoms with E-state index in [1.54, 1.807) is 16.6 Å². The molecule has 2 rings (SSSR count). The lowest BCUT2D eigenvalue weighted by Crippen LogP contribution is -2.33. The first-order valence-corrected chi connectivity index (χ1v) is 7.55. The van der Waals surface area contributed by atoms with Crippen LogP contribution in [0.4, 0.5) is 0 Å². The van der Waals surface area contributed by atoms with Gasteiger partial charge >= 0.3 is 0 Å². The number of hydrogen-bond acceptors (Lipinski definition) is 3. The van der Waals surface area contributed by atoms with Crippen LogP contribution in [-0.2, 0) is 0 Å². The lowest BCUT2D eigenvalue weighted by molar-refractivity contribution is 0.0790. The van der Waals surface area contributed by atoms with Gasteiger partial charge in [0.25, 0.3) is 5.91 Å². The molecule has 0 aliphatic carbocycles. The van der Waals surface area contributed by atoms with Gasteiger partial charge in [-0.25, -0.2) is 4.68 Å². The van der Waals surface area contributed by atoms with Crippen molar-refractivity contribution in [3.8, 4) is 5.69 Å². The Morgan fingerprint density at radius 1 is 1.38 bits per heavy atom. The Labute approximate surface area is 133 Å². The topological polar surface area (TPSA) is 50.2 Å². The van der Waals surface area contributed by atoms with Crippen LogP contribution < -0.4 is 5.32 Å². The maximum atomic E-state index is 12.3. The van der Waals surface area contributed by atoms with Gasteiger partial charge < -0.3 is 10.2 Å². The SMILES string of the molecule is CNCCN(C)C(=O)c1cc(C)n(-c2ccc(Br)cc2)n1. The molecule has 0 saturated heterocycles. The summed E-state index contributed by atoms with van der Waals surface area (Å²) >= 11 is 3.41. The average molecular weight is 351 g/mol. The average Bonchev–Trinajstić information content (AvgIpc) is 2.86. The molecule has 1 heterocycles. The van der Waals surface area contributed by atoms with Crippen molar-refractivity contribution in [3.05, 3.63) is 46.2 Å². The Kier molecular flexibility index (Phi) is 5.14. The van der Waals surface area contributed by atoms with Crippen molar-refractivity contribution in [2.75, 3.05) is 27.2 Å². The molecular weight excluding hydrogens is 332 g/mol. The standard InChI is InChI=1S/C15H19BrN4O/c1-11-10-14(15(21)19(3)9-8-17-2)18-20(11)13-6-4-12(16)5-7-13/h4-7,10,17H,8-9H2,1-3H3. The van der Waals surface area contributed by atoms with E-state index in [0.717, 1.165) is 22.4 Å². The molecule has 0 atom stereocenters. The number of nitrogens with zero attached hydrogens (tertiary/aromatic N) is 3. The molecule has 0 fully saturated rings. The number of nitrogens with one attached hydrogen (secondary N) is 1. The van der Waals surface area contributed by atoms with Gasteiger partial charge in [-0.3, -0.25) is 4.79 Å². The molecule has 0 saturated carbocycles. The van der Waals surface area contributed by atoms with Crippen molar-refractivity contribution >= 4 is 21.8 Å². The maximum absolute atomic E-state index is 12.3. The molecule has 0 spiro atoms. The highest BCUT2D eigenvalue weighted by Crippen LogP contribution is 2.16. The molecule has 0 bridgehead atoms. The van der Waals surface area contributed by atoms with Crippen LogP contribution in [-0.4, -0.2) is 47.8 Å². The number of carbonyl (C=O) groups is 1. The minimum atomic E-state index is -0.0655. The minimum absolute atomic E-state index is 0.0655. The van der Waals surface area contributed by atoms with Crippen molar-refractivity contribution in [1.29, 1.82) is 0 Å². The van der Waals surface area contributed by atoms with Gasteiger partial charge in [0.15, 0.2) is 5.69 Å². The summed E-state index contributed by atoms with van der Waals surface area (Å²) in [4.78, 5) is 14.0. The van der Waals surface area contributed by atoms with E-state index >= 15 is 0 Å². The fraction of sp³-hybridized carbons (Fsp3) is 0.333. The van der Waals surface area contributed by atoms with Gasteiger partial charge in [0, 0.05) is 30.3 Å². The molecule has 2 aromatic rings. The van der Waals surface area contributed by atoms with Crippen LogP contribution in [0, 0.1) is 6.92 Å². The highest BCUT2D eigenvalue weighted by molar-refractivity contribution is 9.10. The first-order chi connectivity index (χ1) is 10.0. The second kappa shape index (κ2) is 6.87. The predicted octanol–water partition coefficient (Wildman–Crippen LogP) is 2.23. The van der Waals surface area contributed by atoms with E-state index in [9.17, 15) is 4.79 Å². The number of halogens is 1. The van der Waals surface area contributed by atoms with Crippen LogP contribution in [0.3, 0.4) is 0 Å². The van der Waals surface area contributed by atoms with Crippen molar-refractivity contribution in [2.45, 2.75) is 6.92 Å². The lowest BCUT2D eigenvalue weighted by atomic mass is 10.3. The quantitative estimate of drug-likeness (QED) is 0.899. The second-order valence-corrected chi connectivity index (χ2v) is 5.81. The number of likely N-dealkylation sites (N-methyl/N-ethyl adjacent to an activating group) is 2. The smallest absolute Gasteiger partial charge is 0.274 e. The molecule has 1 aromatic carbocycles. The zero-order valence-electron chi connectivity index (χ0n) is 12.4. The van der Waals surface area contributed by atoms with E-state index < -0.39 is 0 Å². The van der Waals surface area contributed by atoms with Crippen LogP contribution in [0.25, 0.3) is 5.69 Å². The zero-order valence-corrected chi connectivity index (χ0v) is 14.0. The number of amides is 1. The highest BCUT2D eigenvalue weighted by atomic mass is 79.9. The van der Waals surface area contributed by atoms with E-state index in [-0.39, 0.29) is 5.91 Å². The fourth-order valence-electron chi connectivity index (χ4n) is 2.00. The highest BCUT2D eigenvalue weighted by Gasteiger charge is 2.16. The molecule has 1 N–H and O–H groups in total. The van der Waals surface area contributed by atoms with Crippen LogP contribution in [0.2, 0.25) is 0 Å². The van der Waals surface area contributed by atoms with Crippen LogP contribution >= 0.6 is 15.9 Å². The number of hydrogen-bond donors (Lipinski definition) is 1. The molecule has 5 nitrogen and oxygen atoms in total. The van der Waals surface area contributed by atoms with Crippen LogP contribution in [0.1, 0.15) is 16.2 Å². The molecule has 112 valence electrons. The molecule has 0 aliphatic heterocycles. The summed E-state index contributed by atoms with van der Waals surface area (Å²) in [5.41, 5.74) is 2.34. The predicted molar refractivity (Wildman–Crippen MR) is 86.9 cm³/mol. The van der Waals surface area contributed by atoms with Gasteiger partial charge in [0.2, 0.25) is 0 Å². The normalized spacial score (nSPS) is 10.7. The second-order valence-electron chi connectivity index (χ2n) is 4.89. The summed E-state index contributed by atoms with van der Waals surface area (Å²) < 4.78 is 2.80. The van der Waals surface area contributed by atoms with Crippen molar-refractivity contribution in [1.82, 2.24) is 20.0 Å². The van der Waals surface area contributed by atoms with E-state index in [0.29, 0.717) is 12.2 Å². The molecule has 1 amide bonds. The molecule has 0 radical (unpaired) electrons. The summed E-state index contributed by atoms with van der Waals surface area (Å²) in [7, 11) is 3.65. The maximum Gasteiger partial charge on any atom is 0.274 e. The third-order valence-electron chi connectivity index (χ3n) is 3.22. The van der Waals surface area contributed by atoms with Gasteiger partial charge in [-0.1, -0.05) is 15.9 Å². The Bertz CT molecular complexity index is 621. The third kappa shape index (κ3) is 3.71. The Morgan fingerprint density at radius 3 is 2.67 bits per heavy atom. The third-order valence-corrected chi connectivity index (χ3v) is 3.75. The molecule has 21 heavy (non-hydrogen) atoms. The van der Waals surface area contributed by atoms with Crippen molar-refractivity contribution in [2.24, 2.45) is 0 Å². The Balaban J connectivity index is 2.22. The molecule has 1 aromatic heterocycles. The van der Waals surface area contributed by atoms with Crippen molar-refractivity contribution in [3.63, 3.8) is 0 Å². The van der Waals surface area contributed by atoms with E-state index in [1.807, 2.05) is 44.3 Å². The number of aryl methyl sites for hydroxylation is 1. The monoisotopic (exact) mass is 350 g/mol. The number of aromatic nitrogens is 2. The van der Waals surface area contributed by atoms with Crippen molar-refractivity contribution < 1.29 is 4.79 Å². The molecule has 6 heteroatoms. The molecule has 0 aliphatic rings. The van der Waals surface area contributed by atoms with Gasteiger partial charge in [0.05, 0.1) is 5.69 Å². The summed E-state index contributed by atoms with van der Waals surface area (Å²) in [6.45, 7) is 3.35. The first kappa shape index (κ1) is 15.7. The van der Waals surface area contributed by atoms with E-state index in [4.69, 9.17) is 0 Å². The number of benzene rings is 1. The molecule has 0 unspecified atom stereocenters. The van der Waals surface area contributed by atoms with Crippen LogP contribution in [0.5, 0.6) is 0 Å². The number of rotatable bonds is 5. The largest absolute Gasteiger partial charge is 0.339 e. The molecular formula is C15H19BrN4O. The summed E-state index contributed by atoms with van der Waals surface area (Å²) in [5, 5.41) is 7.46. The van der Waals surface area contributed by atoms with Gasteiger partial charge in [-0.2, -0.15) is 5.10 Å². The zero-order chi connectivity index (χ0) is 15.4. The van der Waals surface area contributed by atoms with Gasteiger partial charge in [0.1, 0.15) is 0 Å².